The second-order valence-corrected chi connectivity index (χ2v) is 5.62. The molecule has 0 aromatic carbocycles. The quantitative estimate of drug-likeness (QED) is 0.868. The van der Waals surface area contributed by atoms with E-state index in [9.17, 15) is 0 Å². The third-order valence-electron chi connectivity index (χ3n) is 3.54. The molecule has 2 atom stereocenters. The van der Waals surface area contributed by atoms with Crippen molar-refractivity contribution in [1.29, 1.82) is 0 Å². The van der Waals surface area contributed by atoms with Gasteiger partial charge < -0.3 is 10.1 Å². The van der Waals surface area contributed by atoms with Crippen LogP contribution in [-0.2, 0) is 11.2 Å². The summed E-state index contributed by atoms with van der Waals surface area (Å²) in [6, 6.07) is 2.77. The molecule has 1 N–H and O–H groups in total. The highest BCUT2D eigenvalue weighted by Gasteiger charge is 2.27. The maximum atomic E-state index is 5.65. The predicted molar refractivity (Wildman–Crippen MR) is 73.7 cm³/mol. The van der Waals surface area contributed by atoms with Crippen molar-refractivity contribution in [3.8, 4) is 0 Å². The molecule has 2 unspecified atom stereocenters. The van der Waals surface area contributed by atoms with Gasteiger partial charge in [0.05, 0.1) is 6.61 Å². The van der Waals surface area contributed by atoms with E-state index in [1.54, 1.807) is 0 Å². The van der Waals surface area contributed by atoms with Gasteiger partial charge in [-0.05, 0) is 42.8 Å². The van der Waals surface area contributed by atoms with Crippen LogP contribution in [0.1, 0.15) is 43.2 Å². The molecule has 0 spiro atoms. The molecule has 2 heterocycles. The summed E-state index contributed by atoms with van der Waals surface area (Å²) in [6.07, 6.45) is 3.63. The lowest BCUT2D eigenvalue weighted by atomic mass is 9.91. The van der Waals surface area contributed by atoms with Gasteiger partial charge in [0.25, 0.3) is 0 Å². The molecule has 0 saturated carbocycles. The Labute approximate surface area is 108 Å². The Hall–Kier alpha value is -0.380. The van der Waals surface area contributed by atoms with Crippen LogP contribution in [0, 0.1) is 5.92 Å². The van der Waals surface area contributed by atoms with Gasteiger partial charge in [0.2, 0.25) is 0 Å². The first-order valence-corrected chi connectivity index (χ1v) is 7.62. The smallest absolute Gasteiger partial charge is 0.0512 e. The second kappa shape index (κ2) is 6.53. The third kappa shape index (κ3) is 3.09. The Bertz CT molecular complexity index is 331. The molecule has 3 heteroatoms. The molecular weight excluding hydrogens is 230 g/mol. The van der Waals surface area contributed by atoms with Crippen molar-refractivity contribution in [2.75, 3.05) is 19.8 Å². The zero-order chi connectivity index (χ0) is 12.1. The van der Waals surface area contributed by atoms with Crippen LogP contribution < -0.4 is 5.32 Å². The summed E-state index contributed by atoms with van der Waals surface area (Å²) in [5.74, 6) is 0.646. The second-order valence-electron chi connectivity index (χ2n) is 4.68. The van der Waals surface area contributed by atoms with Crippen LogP contribution in [0.5, 0.6) is 0 Å². The normalized spacial score (nSPS) is 22.6. The largest absolute Gasteiger partial charge is 0.381 e. The van der Waals surface area contributed by atoms with Crippen LogP contribution in [0.15, 0.2) is 11.4 Å². The Morgan fingerprint density at radius 1 is 1.53 bits per heavy atom. The molecule has 1 aromatic rings. The van der Waals surface area contributed by atoms with Crippen molar-refractivity contribution in [2.45, 2.75) is 39.2 Å². The molecular formula is C14H23NOS. The number of ether oxygens (including phenoxy) is 1. The molecule has 0 aliphatic carbocycles. The lowest BCUT2D eigenvalue weighted by Crippen LogP contribution is -2.33. The summed E-state index contributed by atoms with van der Waals surface area (Å²) in [5, 5.41) is 5.88. The first-order chi connectivity index (χ1) is 8.36. The average molecular weight is 253 g/mol. The molecule has 17 heavy (non-hydrogen) atoms. The minimum Gasteiger partial charge on any atom is -0.381 e. The van der Waals surface area contributed by atoms with Crippen molar-refractivity contribution in [3.05, 3.63) is 21.9 Å². The average Bonchev–Trinajstić information content (AvgIpc) is 2.85. The van der Waals surface area contributed by atoms with Crippen molar-refractivity contribution >= 4 is 11.3 Å². The molecule has 2 rings (SSSR count). The maximum absolute atomic E-state index is 5.65. The van der Waals surface area contributed by atoms with E-state index in [2.05, 4.69) is 30.6 Å². The fourth-order valence-corrected chi connectivity index (χ4v) is 3.80. The van der Waals surface area contributed by atoms with Crippen LogP contribution in [0.4, 0.5) is 0 Å². The van der Waals surface area contributed by atoms with Gasteiger partial charge >= 0.3 is 0 Å². The van der Waals surface area contributed by atoms with Gasteiger partial charge in [-0.15, -0.1) is 11.3 Å². The van der Waals surface area contributed by atoms with Crippen LogP contribution in [-0.4, -0.2) is 19.8 Å². The van der Waals surface area contributed by atoms with Crippen LogP contribution in [0.2, 0.25) is 0 Å². The van der Waals surface area contributed by atoms with Gasteiger partial charge in [-0.2, -0.15) is 0 Å². The van der Waals surface area contributed by atoms with Crippen molar-refractivity contribution < 1.29 is 4.74 Å². The van der Waals surface area contributed by atoms with E-state index in [0.717, 1.165) is 26.2 Å². The number of hydrogen-bond acceptors (Lipinski definition) is 3. The Morgan fingerprint density at radius 3 is 3.06 bits per heavy atom. The standard InChI is InChI=1S/C14H23NOS/c1-3-11-7-9-17-14(11)13(15-4-2)12-6-5-8-16-10-12/h7,9,12-13,15H,3-6,8,10H2,1-2H3. The minimum absolute atomic E-state index is 0.496. The SMILES string of the molecule is CCNC(c1sccc1CC)C1CCCOC1. The fraction of sp³-hybridized carbons (Fsp3) is 0.714. The van der Waals surface area contributed by atoms with Gasteiger partial charge in [0, 0.05) is 23.4 Å². The molecule has 1 aromatic heterocycles. The molecule has 96 valence electrons. The van der Waals surface area contributed by atoms with Crippen LogP contribution in [0.3, 0.4) is 0 Å². The highest BCUT2D eigenvalue weighted by molar-refractivity contribution is 7.10. The molecule has 1 saturated heterocycles. The Kier molecular flexibility index (Phi) is 5.01. The lowest BCUT2D eigenvalue weighted by Gasteiger charge is -2.31. The van der Waals surface area contributed by atoms with Gasteiger partial charge in [-0.1, -0.05) is 13.8 Å². The molecule has 0 bridgehead atoms. The van der Waals surface area contributed by atoms with Crippen molar-refractivity contribution in [2.24, 2.45) is 5.92 Å². The number of nitrogens with one attached hydrogen (secondary N) is 1. The molecule has 1 aliphatic rings. The highest BCUT2D eigenvalue weighted by Crippen LogP contribution is 2.34. The van der Waals surface area contributed by atoms with Crippen molar-refractivity contribution in [3.63, 3.8) is 0 Å². The molecule has 0 amide bonds. The Balaban J connectivity index is 2.15. The molecule has 1 fully saturated rings. The summed E-state index contributed by atoms with van der Waals surface area (Å²) < 4.78 is 5.65. The van der Waals surface area contributed by atoms with Crippen molar-refractivity contribution in [1.82, 2.24) is 5.32 Å². The lowest BCUT2D eigenvalue weighted by molar-refractivity contribution is 0.0397. The van der Waals surface area contributed by atoms with E-state index in [1.807, 2.05) is 11.3 Å². The van der Waals surface area contributed by atoms with E-state index in [0.29, 0.717) is 12.0 Å². The molecule has 2 nitrogen and oxygen atoms in total. The van der Waals surface area contributed by atoms with E-state index in [4.69, 9.17) is 4.74 Å². The molecule has 1 aliphatic heterocycles. The summed E-state index contributed by atoms with van der Waals surface area (Å²) in [4.78, 5) is 1.53. The zero-order valence-corrected chi connectivity index (χ0v) is 11.7. The third-order valence-corrected chi connectivity index (χ3v) is 4.58. The minimum atomic E-state index is 0.496. The van der Waals surface area contributed by atoms with Crippen LogP contribution in [0.25, 0.3) is 0 Å². The summed E-state index contributed by atoms with van der Waals surface area (Å²) in [6.45, 7) is 7.32. The van der Waals surface area contributed by atoms with Gasteiger partial charge in [0.1, 0.15) is 0 Å². The van der Waals surface area contributed by atoms with Gasteiger partial charge in [-0.3, -0.25) is 0 Å². The predicted octanol–water partition coefficient (Wildman–Crippen LogP) is 3.39. The fourth-order valence-electron chi connectivity index (χ4n) is 2.63. The van der Waals surface area contributed by atoms with Gasteiger partial charge in [-0.25, -0.2) is 0 Å². The number of hydrogen-bond donors (Lipinski definition) is 1. The van der Waals surface area contributed by atoms with Crippen LogP contribution >= 0.6 is 11.3 Å². The summed E-state index contributed by atoms with van der Waals surface area (Å²) in [7, 11) is 0. The topological polar surface area (TPSA) is 21.3 Å². The Morgan fingerprint density at radius 2 is 2.41 bits per heavy atom. The van der Waals surface area contributed by atoms with E-state index >= 15 is 0 Å². The highest BCUT2D eigenvalue weighted by atomic mass is 32.1. The van der Waals surface area contributed by atoms with E-state index in [1.165, 1.54) is 23.3 Å². The number of thiophene rings is 1. The van der Waals surface area contributed by atoms with E-state index in [-0.39, 0.29) is 0 Å². The maximum Gasteiger partial charge on any atom is 0.0512 e. The first kappa shape index (κ1) is 13.1. The van der Waals surface area contributed by atoms with E-state index < -0.39 is 0 Å². The van der Waals surface area contributed by atoms with Gasteiger partial charge in [0.15, 0.2) is 0 Å². The monoisotopic (exact) mass is 253 g/mol. The number of rotatable bonds is 5. The molecule has 0 radical (unpaired) electrons. The zero-order valence-electron chi connectivity index (χ0n) is 10.9. The number of aryl methyl sites for hydroxylation is 1. The first-order valence-electron chi connectivity index (χ1n) is 6.74. The summed E-state index contributed by atoms with van der Waals surface area (Å²) >= 11 is 1.90. The summed E-state index contributed by atoms with van der Waals surface area (Å²) in [5.41, 5.74) is 1.51.